The van der Waals surface area contributed by atoms with E-state index >= 15 is 0 Å². The summed E-state index contributed by atoms with van der Waals surface area (Å²) in [5.74, 6) is -2.32. The van der Waals surface area contributed by atoms with Crippen molar-refractivity contribution in [2.45, 2.75) is 24.8 Å². The van der Waals surface area contributed by atoms with Crippen molar-refractivity contribution >= 4 is 23.5 Å². The summed E-state index contributed by atoms with van der Waals surface area (Å²) < 4.78 is 5.32. The van der Waals surface area contributed by atoms with E-state index in [0.29, 0.717) is 22.4 Å². The first kappa shape index (κ1) is 16.3. The lowest BCUT2D eigenvalue weighted by Gasteiger charge is -2.39. The molecule has 4 rings (SSSR count). The molecule has 2 atom stereocenters. The van der Waals surface area contributed by atoms with E-state index in [9.17, 15) is 19.5 Å². The van der Waals surface area contributed by atoms with Crippen molar-refractivity contribution in [3.63, 3.8) is 0 Å². The normalized spacial score (nSPS) is 25.5. The van der Waals surface area contributed by atoms with Gasteiger partial charge in [0.15, 0.2) is 5.54 Å². The molecule has 0 saturated heterocycles. The van der Waals surface area contributed by atoms with E-state index in [0.717, 1.165) is 0 Å². The zero-order valence-corrected chi connectivity index (χ0v) is 14.4. The molecule has 0 spiro atoms. The molecule has 0 fully saturated rings. The van der Waals surface area contributed by atoms with Gasteiger partial charge in [0.2, 0.25) is 0 Å². The smallest absolute Gasteiger partial charge is 0.338 e. The first-order valence-electron chi connectivity index (χ1n) is 8.36. The molecule has 2 aliphatic heterocycles. The number of esters is 1. The van der Waals surface area contributed by atoms with Crippen LogP contribution in [-0.4, -0.2) is 29.6 Å². The highest BCUT2D eigenvalue weighted by Crippen LogP contribution is 2.61. The Kier molecular flexibility index (Phi) is 3.25. The van der Waals surface area contributed by atoms with Crippen LogP contribution >= 0.6 is 0 Å². The minimum Gasteiger partial charge on any atom is -0.480 e. The van der Waals surface area contributed by atoms with E-state index in [-0.39, 0.29) is 6.61 Å². The van der Waals surface area contributed by atoms with E-state index in [1.807, 2.05) is 0 Å². The molecule has 6 nitrogen and oxygen atoms in total. The van der Waals surface area contributed by atoms with Gasteiger partial charge in [0.1, 0.15) is 5.41 Å². The average Bonchev–Trinajstić information content (AvgIpc) is 3.05. The number of nitrogens with zero attached hydrogens (tertiary/aromatic N) is 1. The van der Waals surface area contributed by atoms with Crippen molar-refractivity contribution in [1.82, 2.24) is 0 Å². The van der Waals surface area contributed by atoms with Crippen LogP contribution in [0, 0.1) is 0 Å². The predicted octanol–water partition coefficient (Wildman–Crippen LogP) is 2.46. The number of carbonyl (C=O) groups excluding carboxylic acids is 2. The Labute approximate surface area is 150 Å². The number of carboxylic acid groups (broad SMARTS) is 1. The van der Waals surface area contributed by atoms with Crippen LogP contribution in [0.2, 0.25) is 0 Å². The third kappa shape index (κ3) is 1.55. The van der Waals surface area contributed by atoms with Gasteiger partial charge in [0.05, 0.1) is 12.3 Å². The van der Waals surface area contributed by atoms with Crippen molar-refractivity contribution in [3.05, 3.63) is 65.2 Å². The number of para-hydroxylation sites is 1. The maximum absolute atomic E-state index is 13.3. The average molecular weight is 351 g/mol. The fourth-order valence-corrected chi connectivity index (χ4v) is 4.36. The lowest BCUT2D eigenvalue weighted by molar-refractivity contribution is -0.160. The van der Waals surface area contributed by atoms with Gasteiger partial charge in [-0.25, -0.2) is 4.79 Å². The van der Waals surface area contributed by atoms with Crippen LogP contribution in [0.4, 0.5) is 5.69 Å². The zero-order valence-electron chi connectivity index (χ0n) is 14.4. The van der Waals surface area contributed by atoms with Gasteiger partial charge >= 0.3 is 11.9 Å². The van der Waals surface area contributed by atoms with Crippen LogP contribution in [0.5, 0.6) is 0 Å². The van der Waals surface area contributed by atoms with Crippen molar-refractivity contribution in [1.29, 1.82) is 0 Å². The summed E-state index contributed by atoms with van der Waals surface area (Å²) >= 11 is 0. The van der Waals surface area contributed by atoms with Gasteiger partial charge in [0.25, 0.3) is 5.91 Å². The number of ether oxygens (including phenoxy) is 1. The van der Waals surface area contributed by atoms with Gasteiger partial charge in [-0.1, -0.05) is 36.4 Å². The molecule has 0 radical (unpaired) electrons. The monoisotopic (exact) mass is 351 g/mol. The summed E-state index contributed by atoms with van der Waals surface area (Å²) in [5, 5.41) is 10.2. The lowest BCUT2D eigenvalue weighted by Crippen LogP contribution is -2.61. The second-order valence-corrected chi connectivity index (χ2v) is 6.56. The topological polar surface area (TPSA) is 83.9 Å². The van der Waals surface area contributed by atoms with Crippen LogP contribution in [0.1, 0.15) is 35.3 Å². The van der Waals surface area contributed by atoms with Gasteiger partial charge in [-0.3, -0.25) is 14.5 Å². The molecule has 1 amide bonds. The number of carboxylic acids is 1. The van der Waals surface area contributed by atoms with Gasteiger partial charge in [-0.15, -0.1) is 0 Å². The Morgan fingerprint density at radius 1 is 1.08 bits per heavy atom. The molecule has 2 unspecified atom stereocenters. The second-order valence-electron chi connectivity index (χ2n) is 6.56. The number of benzene rings is 2. The van der Waals surface area contributed by atoms with Crippen molar-refractivity contribution < 1.29 is 24.2 Å². The zero-order chi connectivity index (χ0) is 18.7. The predicted molar refractivity (Wildman–Crippen MR) is 93.0 cm³/mol. The number of fused-ring (bicyclic) bond motifs is 5. The maximum atomic E-state index is 13.3. The molecule has 0 saturated carbocycles. The Morgan fingerprint density at radius 3 is 2.35 bits per heavy atom. The Bertz CT molecular complexity index is 968. The fraction of sp³-hybridized carbons (Fsp3) is 0.250. The number of anilines is 1. The molecule has 1 N–H and O–H groups in total. The van der Waals surface area contributed by atoms with E-state index in [2.05, 4.69) is 0 Å². The molecule has 26 heavy (non-hydrogen) atoms. The number of rotatable bonds is 3. The molecular formula is C20H17NO5. The summed E-state index contributed by atoms with van der Waals surface area (Å²) in [6.45, 7) is 3.22. The van der Waals surface area contributed by atoms with E-state index < -0.39 is 28.8 Å². The van der Waals surface area contributed by atoms with Crippen LogP contribution in [-0.2, 0) is 25.3 Å². The highest BCUT2D eigenvalue weighted by atomic mass is 16.5. The number of amides is 1. The molecular weight excluding hydrogens is 334 g/mol. The molecule has 0 bridgehead atoms. The largest absolute Gasteiger partial charge is 0.480 e. The first-order chi connectivity index (χ1) is 12.4. The van der Waals surface area contributed by atoms with E-state index in [1.165, 1.54) is 11.8 Å². The Morgan fingerprint density at radius 2 is 1.69 bits per heavy atom. The minimum atomic E-state index is -1.77. The number of carbonyl (C=O) groups is 3. The standard InChI is InChI=1S/C20H17NO5/c1-3-26-18(25)20-13-9-5-4-8-12(13)16(22)21(20)15-11-7-6-10-14(15)19(20,2)17(23)24/h4-11H,3H2,1-2H3,(H,23,24). The van der Waals surface area contributed by atoms with Gasteiger partial charge in [-0.05, 0) is 31.5 Å². The van der Waals surface area contributed by atoms with Crippen LogP contribution in [0.15, 0.2) is 48.5 Å². The SMILES string of the molecule is CCOC(=O)C12c3ccccc3C(=O)N1c1ccccc1C2(C)C(=O)O. The summed E-state index contributed by atoms with van der Waals surface area (Å²) in [6, 6.07) is 13.4. The third-order valence-electron chi connectivity index (χ3n) is 5.49. The van der Waals surface area contributed by atoms with E-state index in [1.54, 1.807) is 55.5 Å². The number of hydrogen-bond donors (Lipinski definition) is 1. The Balaban J connectivity index is 2.17. The first-order valence-corrected chi connectivity index (χ1v) is 8.36. The van der Waals surface area contributed by atoms with Crippen molar-refractivity contribution in [2.24, 2.45) is 0 Å². The molecule has 2 aromatic carbocycles. The maximum Gasteiger partial charge on any atom is 0.338 e. The summed E-state index contributed by atoms with van der Waals surface area (Å²) in [7, 11) is 0. The van der Waals surface area contributed by atoms with Crippen LogP contribution < -0.4 is 4.90 Å². The summed E-state index contributed by atoms with van der Waals surface area (Å²) in [5.41, 5.74) is -1.92. The highest BCUT2D eigenvalue weighted by molar-refractivity contribution is 6.22. The number of hydrogen-bond acceptors (Lipinski definition) is 4. The summed E-state index contributed by atoms with van der Waals surface area (Å²) in [6.07, 6.45) is 0. The molecule has 2 heterocycles. The van der Waals surface area contributed by atoms with Gasteiger partial charge in [0, 0.05) is 11.1 Å². The molecule has 0 aromatic heterocycles. The van der Waals surface area contributed by atoms with E-state index in [4.69, 9.17) is 4.74 Å². The highest BCUT2D eigenvalue weighted by Gasteiger charge is 2.74. The molecule has 6 heteroatoms. The third-order valence-corrected chi connectivity index (χ3v) is 5.49. The van der Waals surface area contributed by atoms with Crippen molar-refractivity contribution in [3.8, 4) is 0 Å². The molecule has 2 aromatic rings. The van der Waals surface area contributed by atoms with Gasteiger partial charge in [-0.2, -0.15) is 0 Å². The lowest BCUT2D eigenvalue weighted by atomic mass is 9.65. The molecule has 132 valence electrons. The van der Waals surface area contributed by atoms with Crippen LogP contribution in [0.3, 0.4) is 0 Å². The quantitative estimate of drug-likeness (QED) is 0.859. The van der Waals surface area contributed by atoms with Crippen molar-refractivity contribution in [2.75, 3.05) is 11.5 Å². The van der Waals surface area contributed by atoms with Gasteiger partial charge < -0.3 is 9.84 Å². The minimum absolute atomic E-state index is 0.0802. The molecule has 0 aliphatic carbocycles. The molecule has 2 aliphatic rings. The number of aliphatic carboxylic acids is 1. The fourth-order valence-electron chi connectivity index (χ4n) is 4.36. The second kappa shape index (κ2) is 5.17. The summed E-state index contributed by atoms with van der Waals surface area (Å²) in [4.78, 5) is 40.3. The Hall–Kier alpha value is -3.15. The van der Waals surface area contributed by atoms with Crippen LogP contribution in [0.25, 0.3) is 0 Å².